The molecule has 116 valence electrons. The van der Waals surface area contributed by atoms with Crippen LogP contribution in [-0.2, 0) is 11.2 Å². The van der Waals surface area contributed by atoms with E-state index < -0.39 is 0 Å². The Balaban J connectivity index is 1.74. The molecule has 0 spiro atoms. The number of nitrogens with one attached hydrogen (secondary N) is 1. The lowest BCUT2D eigenvalue weighted by Gasteiger charge is -2.27. The summed E-state index contributed by atoms with van der Waals surface area (Å²) < 4.78 is 5.29. The van der Waals surface area contributed by atoms with Crippen molar-refractivity contribution in [1.29, 1.82) is 0 Å². The number of pyridine rings is 1. The fourth-order valence-corrected chi connectivity index (χ4v) is 2.84. The number of fused-ring (bicyclic) bond motifs is 1. The van der Waals surface area contributed by atoms with E-state index in [-0.39, 0.29) is 5.91 Å². The van der Waals surface area contributed by atoms with Crippen LogP contribution in [0.4, 0.5) is 0 Å². The highest BCUT2D eigenvalue weighted by molar-refractivity contribution is 5.84. The average molecular weight is 299 g/mol. The Morgan fingerprint density at radius 2 is 2.14 bits per heavy atom. The number of aromatic nitrogens is 1. The van der Waals surface area contributed by atoms with Crippen LogP contribution in [0.5, 0.6) is 5.75 Å². The molecule has 2 heterocycles. The Hall–Kier alpha value is -2.14. The van der Waals surface area contributed by atoms with Gasteiger partial charge in [0, 0.05) is 44.2 Å². The van der Waals surface area contributed by atoms with Crippen molar-refractivity contribution in [2.24, 2.45) is 0 Å². The minimum Gasteiger partial charge on any atom is -0.497 e. The van der Waals surface area contributed by atoms with Crippen LogP contribution in [0.3, 0.4) is 0 Å². The molecule has 2 aromatic rings. The van der Waals surface area contributed by atoms with Gasteiger partial charge in [-0.3, -0.25) is 9.78 Å². The molecule has 1 aliphatic heterocycles. The van der Waals surface area contributed by atoms with E-state index in [9.17, 15) is 4.79 Å². The molecule has 5 heteroatoms. The summed E-state index contributed by atoms with van der Waals surface area (Å²) in [5, 5.41) is 4.33. The van der Waals surface area contributed by atoms with E-state index in [0.717, 1.165) is 54.8 Å². The maximum atomic E-state index is 12.3. The predicted molar refractivity (Wildman–Crippen MR) is 86.1 cm³/mol. The Bertz CT molecular complexity index is 666. The number of hydrogen-bond donors (Lipinski definition) is 1. The zero-order valence-electron chi connectivity index (χ0n) is 12.8. The van der Waals surface area contributed by atoms with Gasteiger partial charge in [0.1, 0.15) is 5.75 Å². The van der Waals surface area contributed by atoms with Gasteiger partial charge in [-0.25, -0.2) is 0 Å². The molecule has 1 saturated heterocycles. The summed E-state index contributed by atoms with van der Waals surface area (Å²) in [6.45, 7) is 3.40. The molecule has 1 aliphatic rings. The molecule has 1 N–H and O–H groups in total. The average Bonchev–Trinajstić information content (AvgIpc) is 2.59. The first-order chi connectivity index (χ1) is 10.8. The molecule has 0 radical (unpaired) electrons. The van der Waals surface area contributed by atoms with E-state index in [4.69, 9.17) is 4.74 Å². The van der Waals surface area contributed by atoms with Crippen LogP contribution >= 0.6 is 0 Å². The summed E-state index contributed by atoms with van der Waals surface area (Å²) in [6, 6.07) is 7.85. The highest BCUT2D eigenvalue weighted by Crippen LogP contribution is 2.23. The number of rotatable bonds is 4. The minimum atomic E-state index is 0.231. The molecule has 3 rings (SSSR count). The summed E-state index contributed by atoms with van der Waals surface area (Å²) >= 11 is 0. The SMILES string of the molecule is COc1ccc2nccc(CCC(=O)N3CCNCC3)c2c1. The Labute approximate surface area is 130 Å². The highest BCUT2D eigenvalue weighted by atomic mass is 16.5. The van der Waals surface area contributed by atoms with Crippen LogP contribution in [0.15, 0.2) is 30.5 Å². The van der Waals surface area contributed by atoms with Crippen molar-refractivity contribution in [2.75, 3.05) is 33.3 Å². The first kappa shape index (κ1) is 14.8. The van der Waals surface area contributed by atoms with Gasteiger partial charge in [-0.2, -0.15) is 0 Å². The minimum absolute atomic E-state index is 0.231. The van der Waals surface area contributed by atoms with Crippen molar-refractivity contribution in [3.8, 4) is 5.75 Å². The fraction of sp³-hybridized carbons (Fsp3) is 0.412. The summed E-state index contributed by atoms with van der Waals surface area (Å²) in [5.41, 5.74) is 2.08. The third-order valence-electron chi connectivity index (χ3n) is 4.12. The van der Waals surface area contributed by atoms with Gasteiger partial charge in [0.15, 0.2) is 0 Å². The Morgan fingerprint density at radius 1 is 1.32 bits per heavy atom. The zero-order valence-corrected chi connectivity index (χ0v) is 12.8. The second-order valence-electron chi connectivity index (χ2n) is 5.48. The molecule has 5 nitrogen and oxygen atoms in total. The molecule has 0 bridgehead atoms. The van der Waals surface area contributed by atoms with Gasteiger partial charge in [-0.05, 0) is 36.2 Å². The number of amides is 1. The number of benzene rings is 1. The maximum absolute atomic E-state index is 12.3. The molecule has 0 unspecified atom stereocenters. The zero-order chi connectivity index (χ0) is 15.4. The first-order valence-corrected chi connectivity index (χ1v) is 7.68. The lowest BCUT2D eigenvalue weighted by atomic mass is 10.0. The standard InChI is InChI=1S/C17H21N3O2/c1-22-14-3-4-16-15(12-14)13(6-7-19-16)2-5-17(21)20-10-8-18-9-11-20/h3-4,6-7,12,18H,2,5,8-11H2,1H3. The topological polar surface area (TPSA) is 54.5 Å². The molecule has 0 atom stereocenters. The number of nitrogens with zero attached hydrogens (tertiary/aromatic N) is 2. The predicted octanol–water partition coefficient (Wildman–Crippen LogP) is 1.61. The number of methoxy groups -OCH3 is 1. The normalized spacial score (nSPS) is 15.0. The number of carbonyl (C=O) groups is 1. The van der Waals surface area contributed by atoms with Crippen molar-refractivity contribution in [3.05, 3.63) is 36.0 Å². The van der Waals surface area contributed by atoms with E-state index in [0.29, 0.717) is 6.42 Å². The number of ether oxygens (including phenoxy) is 1. The summed E-state index contributed by atoms with van der Waals surface area (Å²) in [7, 11) is 1.66. The smallest absolute Gasteiger partial charge is 0.222 e. The van der Waals surface area contributed by atoms with Gasteiger partial charge in [0.25, 0.3) is 0 Å². The van der Waals surface area contributed by atoms with Crippen LogP contribution in [0.1, 0.15) is 12.0 Å². The second-order valence-corrected chi connectivity index (χ2v) is 5.48. The van der Waals surface area contributed by atoms with Crippen LogP contribution in [0.25, 0.3) is 10.9 Å². The van der Waals surface area contributed by atoms with Gasteiger partial charge < -0.3 is 15.0 Å². The first-order valence-electron chi connectivity index (χ1n) is 7.68. The molecular formula is C17H21N3O2. The largest absolute Gasteiger partial charge is 0.497 e. The lowest BCUT2D eigenvalue weighted by Crippen LogP contribution is -2.46. The molecule has 22 heavy (non-hydrogen) atoms. The van der Waals surface area contributed by atoms with Crippen LogP contribution in [0, 0.1) is 0 Å². The van der Waals surface area contributed by atoms with Crippen molar-refractivity contribution in [1.82, 2.24) is 15.2 Å². The van der Waals surface area contributed by atoms with E-state index in [1.807, 2.05) is 29.2 Å². The molecule has 0 aliphatic carbocycles. The lowest BCUT2D eigenvalue weighted by molar-refractivity contribution is -0.131. The van der Waals surface area contributed by atoms with Crippen LogP contribution in [-0.4, -0.2) is 49.1 Å². The van der Waals surface area contributed by atoms with Crippen molar-refractivity contribution >= 4 is 16.8 Å². The van der Waals surface area contributed by atoms with Gasteiger partial charge >= 0.3 is 0 Å². The maximum Gasteiger partial charge on any atom is 0.222 e. The second kappa shape index (κ2) is 6.75. The van der Waals surface area contributed by atoms with Gasteiger partial charge in [-0.15, -0.1) is 0 Å². The van der Waals surface area contributed by atoms with Gasteiger partial charge in [0.2, 0.25) is 5.91 Å². The number of hydrogen-bond acceptors (Lipinski definition) is 4. The fourth-order valence-electron chi connectivity index (χ4n) is 2.84. The highest BCUT2D eigenvalue weighted by Gasteiger charge is 2.16. The molecular weight excluding hydrogens is 278 g/mol. The van der Waals surface area contributed by atoms with E-state index in [2.05, 4.69) is 10.3 Å². The van der Waals surface area contributed by atoms with Gasteiger partial charge in [0.05, 0.1) is 12.6 Å². The van der Waals surface area contributed by atoms with Gasteiger partial charge in [-0.1, -0.05) is 0 Å². The van der Waals surface area contributed by atoms with E-state index in [1.165, 1.54) is 0 Å². The molecule has 1 aromatic carbocycles. The summed E-state index contributed by atoms with van der Waals surface area (Å²) in [5.74, 6) is 1.05. The number of carbonyl (C=O) groups excluding carboxylic acids is 1. The van der Waals surface area contributed by atoms with Crippen molar-refractivity contribution in [2.45, 2.75) is 12.8 Å². The van der Waals surface area contributed by atoms with Crippen molar-refractivity contribution < 1.29 is 9.53 Å². The third kappa shape index (κ3) is 3.20. The van der Waals surface area contributed by atoms with Crippen molar-refractivity contribution in [3.63, 3.8) is 0 Å². The molecule has 1 amide bonds. The number of aryl methyl sites for hydroxylation is 1. The Kier molecular flexibility index (Phi) is 4.53. The Morgan fingerprint density at radius 3 is 2.91 bits per heavy atom. The molecule has 1 fully saturated rings. The van der Waals surface area contributed by atoms with Crippen LogP contribution in [0.2, 0.25) is 0 Å². The molecule has 0 saturated carbocycles. The van der Waals surface area contributed by atoms with Crippen LogP contribution < -0.4 is 10.1 Å². The monoisotopic (exact) mass is 299 g/mol. The molecule has 1 aromatic heterocycles. The summed E-state index contributed by atoms with van der Waals surface area (Å²) in [4.78, 5) is 18.6. The third-order valence-corrected chi connectivity index (χ3v) is 4.12. The quantitative estimate of drug-likeness (QED) is 0.932. The van der Waals surface area contributed by atoms with E-state index >= 15 is 0 Å². The summed E-state index contributed by atoms with van der Waals surface area (Å²) in [6.07, 6.45) is 3.07. The number of piperazine rings is 1. The van der Waals surface area contributed by atoms with E-state index in [1.54, 1.807) is 13.3 Å².